The van der Waals surface area contributed by atoms with Crippen LogP contribution in [0.1, 0.15) is 32.1 Å². The first-order valence-electron chi connectivity index (χ1n) is 9.92. The average molecular weight is 441 g/mol. The summed E-state index contributed by atoms with van der Waals surface area (Å²) in [7, 11) is 0. The molecular weight excluding hydrogens is 415 g/mol. The Hall–Kier alpha value is -1.67. The van der Waals surface area contributed by atoms with Gasteiger partial charge in [-0.3, -0.25) is 9.69 Å². The van der Waals surface area contributed by atoms with E-state index in [4.69, 9.17) is 32.5 Å². The van der Waals surface area contributed by atoms with Gasteiger partial charge in [0.1, 0.15) is 0 Å². The standard InChI is InChI=1S/C20H26Cl2N4O3/c1-2-28-10-4-8-23-20(27)14-5-3-9-26(12-14)13-18-24-19(25-29-18)16-7-6-15(21)11-17(16)22/h6-7,11,14H,2-5,8-10,12-13H2,1H3,(H,23,27). The van der Waals surface area contributed by atoms with Crippen LogP contribution >= 0.6 is 23.2 Å². The molecule has 9 heteroatoms. The van der Waals surface area contributed by atoms with Crippen molar-refractivity contribution >= 4 is 29.1 Å². The van der Waals surface area contributed by atoms with E-state index in [9.17, 15) is 4.79 Å². The van der Waals surface area contributed by atoms with Crippen LogP contribution in [0.15, 0.2) is 22.7 Å². The van der Waals surface area contributed by atoms with Crippen LogP contribution in [0, 0.1) is 5.92 Å². The van der Waals surface area contributed by atoms with E-state index in [0.29, 0.717) is 60.2 Å². The lowest BCUT2D eigenvalue weighted by Gasteiger charge is -2.30. The van der Waals surface area contributed by atoms with E-state index < -0.39 is 0 Å². The van der Waals surface area contributed by atoms with Gasteiger partial charge in [0, 0.05) is 36.9 Å². The number of nitrogens with zero attached hydrogens (tertiary/aromatic N) is 3. The largest absolute Gasteiger partial charge is 0.382 e. The topological polar surface area (TPSA) is 80.5 Å². The summed E-state index contributed by atoms with van der Waals surface area (Å²) < 4.78 is 10.7. The molecule has 158 valence electrons. The third-order valence-corrected chi connectivity index (χ3v) is 5.39. The lowest BCUT2D eigenvalue weighted by atomic mass is 9.97. The Kier molecular flexibility index (Phi) is 8.29. The van der Waals surface area contributed by atoms with E-state index >= 15 is 0 Å². The van der Waals surface area contributed by atoms with E-state index in [-0.39, 0.29) is 11.8 Å². The van der Waals surface area contributed by atoms with Crippen molar-refractivity contribution in [3.05, 3.63) is 34.1 Å². The highest BCUT2D eigenvalue weighted by Crippen LogP contribution is 2.28. The Labute approximate surface area is 180 Å². The Morgan fingerprint density at radius 2 is 2.28 bits per heavy atom. The maximum atomic E-state index is 12.4. The average Bonchev–Trinajstić information content (AvgIpc) is 3.16. The number of carbonyl (C=O) groups excluding carboxylic acids is 1. The highest BCUT2D eigenvalue weighted by molar-refractivity contribution is 6.36. The van der Waals surface area contributed by atoms with Gasteiger partial charge in [0.25, 0.3) is 0 Å². The molecule has 1 aromatic carbocycles. The van der Waals surface area contributed by atoms with E-state index in [1.54, 1.807) is 18.2 Å². The van der Waals surface area contributed by atoms with Crippen LogP contribution in [0.5, 0.6) is 0 Å². The quantitative estimate of drug-likeness (QED) is 0.597. The minimum atomic E-state index is -0.0241. The summed E-state index contributed by atoms with van der Waals surface area (Å²) in [6.07, 6.45) is 2.68. The molecule has 2 heterocycles. The fourth-order valence-corrected chi connectivity index (χ4v) is 3.87. The maximum absolute atomic E-state index is 12.4. The number of nitrogens with one attached hydrogen (secondary N) is 1. The summed E-state index contributed by atoms with van der Waals surface area (Å²) in [5, 5.41) is 8.07. The number of hydrogen-bond donors (Lipinski definition) is 1. The SMILES string of the molecule is CCOCCCNC(=O)C1CCCN(Cc2nc(-c3ccc(Cl)cc3Cl)no2)C1. The van der Waals surface area contributed by atoms with Gasteiger partial charge in [0.05, 0.1) is 17.5 Å². The number of amides is 1. The van der Waals surface area contributed by atoms with Crippen molar-refractivity contribution in [3.8, 4) is 11.4 Å². The molecule has 3 rings (SSSR count). The first kappa shape index (κ1) is 22.0. The summed E-state index contributed by atoms with van der Waals surface area (Å²) in [6, 6.07) is 5.16. The molecule has 1 N–H and O–H groups in total. The second-order valence-electron chi connectivity index (χ2n) is 7.05. The molecule has 2 aromatic rings. The Morgan fingerprint density at radius 3 is 3.07 bits per heavy atom. The Bertz CT molecular complexity index is 815. The number of hydrogen-bond acceptors (Lipinski definition) is 6. The molecule has 1 aromatic heterocycles. The van der Waals surface area contributed by atoms with Gasteiger partial charge in [-0.25, -0.2) is 0 Å². The van der Waals surface area contributed by atoms with Crippen molar-refractivity contribution in [2.45, 2.75) is 32.7 Å². The van der Waals surface area contributed by atoms with Gasteiger partial charge in [-0.2, -0.15) is 4.98 Å². The van der Waals surface area contributed by atoms with Gasteiger partial charge in [-0.15, -0.1) is 0 Å². The van der Waals surface area contributed by atoms with Crippen LogP contribution in [0.3, 0.4) is 0 Å². The van der Waals surface area contributed by atoms with Crippen LogP contribution in [-0.4, -0.2) is 53.8 Å². The first-order chi connectivity index (χ1) is 14.1. The van der Waals surface area contributed by atoms with Gasteiger partial charge >= 0.3 is 0 Å². The third kappa shape index (κ3) is 6.40. The number of rotatable bonds is 9. The number of carbonyl (C=O) groups is 1. The lowest BCUT2D eigenvalue weighted by Crippen LogP contribution is -2.43. The normalized spacial score (nSPS) is 17.4. The predicted octanol–water partition coefficient (Wildman–Crippen LogP) is 3.80. The Morgan fingerprint density at radius 1 is 1.41 bits per heavy atom. The zero-order valence-corrected chi connectivity index (χ0v) is 18.0. The first-order valence-corrected chi connectivity index (χ1v) is 10.7. The van der Waals surface area contributed by atoms with Crippen LogP contribution in [-0.2, 0) is 16.1 Å². The number of ether oxygens (including phenoxy) is 1. The number of piperidine rings is 1. The van der Waals surface area contributed by atoms with Crippen LogP contribution in [0.25, 0.3) is 11.4 Å². The molecule has 0 spiro atoms. The number of halogens is 2. The molecule has 1 fully saturated rings. The zero-order chi connectivity index (χ0) is 20.6. The summed E-state index contributed by atoms with van der Waals surface area (Å²) in [4.78, 5) is 19.1. The molecule has 0 aliphatic carbocycles. The molecule has 1 atom stereocenters. The molecule has 29 heavy (non-hydrogen) atoms. The second kappa shape index (κ2) is 10.9. The number of aromatic nitrogens is 2. The van der Waals surface area contributed by atoms with Crippen molar-refractivity contribution in [1.82, 2.24) is 20.4 Å². The van der Waals surface area contributed by atoms with Gasteiger partial charge in [-0.05, 0) is 50.9 Å². The fourth-order valence-electron chi connectivity index (χ4n) is 3.38. The summed E-state index contributed by atoms with van der Waals surface area (Å²) in [6.45, 7) is 6.06. The summed E-state index contributed by atoms with van der Waals surface area (Å²) in [5.41, 5.74) is 0.675. The summed E-state index contributed by atoms with van der Waals surface area (Å²) in [5.74, 6) is 1.01. The highest BCUT2D eigenvalue weighted by atomic mass is 35.5. The minimum Gasteiger partial charge on any atom is -0.382 e. The lowest BCUT2D eigenvalue weighted by molar-refractivity contribution is -0.126. The van der Waals surface area contributed by atoms with Crippen LogP contribution in [0.2, 0.25) is 10.0 Å². The molecule has 1 aliphatic heterocycles. The van der Waals surface area contributed by atoms with Crippen LogP contribution < -0.4 is 5.32 Å². The second-order valence-corrected chi connectivity index (χ2v) is 7.90. The molecule has 1 aliphatic rings. The van der Waals surface area contributed by atoms with E-state index in [1.165, 1.54) is 0 Å². The molecule has 1 amide bonds. The molecule has 0 bridgehead atoms. The Balaban J connectivity index is 1.51. The highest BCUT2D eigenvalue weighted by Gasteiger charge is 2.26. The zero-order valence-electron chi connectivity index (χ0n) is 16.5. The molecule has 0 saturated carbocycles. The van der Waals surface area contributed by atoms with E-state index in [1.807, 2.05) is 6.92 Å². The van der Waals surface area contributed by atoms with Gasteiger partial charge < -0.3 is 14.6 Å². The van der Waals surface area contributed by atoms with Crippen molar-refractivity contribution in [2.75, 3.05) is 32.8 Å². The van der Waals surface area contributed by atoms with Crippen molar-refractivity contribution < 1.29 is 14.1 Å². The van der Waals surface area contributed by atoms with E-state index in [2.05, 4.69) is 20.4 Å². The molecule has 1 unspecified atom stereocenters. The molecule has 1 saturated heterocycles. The number of benzene rings is 1. The smallest absolute Gasteiger partial charge is 0.241 e. The molecular formula is C20H26Cl2N4O3. The van der Waals surface area contributed by atoms with Crippen LogP contribution in [0.4, 0.5) is 0 Å². The summed E-state index contributed by atoms with van der Waals surface area (Å²) >= 11 is 12.2. The maximum Gasteiger partial charge on any atom is 0.241 e. The minimum absolute atomic E-state index is 0.0241. The molecule has 7 nitrogen and oxygen atoms in total. The van der Waals surface area contributed by atoms with Crippen molar-refractivity contribution in [3.63, 3.8) is 0 Å². The van der Waals surface area contributed by atoms with Gasteiger partial charge in [0.15, 0.2) is 0 Å². The van der Waals surface area contributed by atoms with Crippen molar-refractivity contribution in [2.24, 2.45) is 5.92 Å². The number of likely N-dealkylation sites (tertiary alicyclic amines) is 1. The van der Waals surface area contributed by atoms with Gasteiger partial charge in [0.2, 0.25) is 17.6 Å². The van der Waals surface area contributed by atoms with E-state index in [0.717, 1.165) is 25.8 Å². The monoisotopic (exact) mass is 440 g/mol. The van der Waals surface area contributed by atoms with Gasteiger partial charge in [-0.1, -0.05) is 28.4 Å². The van der Waals surface area contributed by atoms with Crippen molar-refractivity contribution in [1.29, 1.82) is 0 Å². The fraction of sp³-hybridized carbons (Fsp3) is 0.550. The predicted molar refractivity (Wildman–Crippen MR) is 112 cm³/mol. The third-order valence-electron chi connectivity index (χ3n) is 4.84. The molecule has 0 radical (unpaired) electrons.